The van der Waals surface area contributed by atoms with Crippen LogP contribution < -0.4 is 5.32 Å². The highest BCUT2D eigenvalue weighted by Gasteiger charge is 2.27. The highest BCUT2D eigenvalue weighted by atomic mass is 32.2. The van der Waals surface area contributed by atoms with E-state index >= 15 is 0 Å². The molecule has 156 valence electrons. The van der Waals surface area contributed by atoms with Crippen molar-refractivity contribution in [3.8, 4) is 0 Å². The number of carbonyl (C=O) groups is 1. The summed E-state index contributed by atoms with van der Waals surface area (Å²) in [6.07, 6.45) is 4.22. The van der Waals surface area contributed by atoms with Gasteiger partial charge in [-0.3, -0.25) is 4.79 Å². The third-order valence-corrected chi connectivity index (χ3v) is 7.14. The molecule has 1 amide bonds. The van der Waals surface area contributed by atoms with Crippen molar-refractivity contribution in [1.82, 2.24) is 9.62 Å². The minimum Gasteiger partial charge on any atom is -0.352 e. The van der Waals surface area contributed by atoms with Crippen LogP contribution in [0.5, 0.6) is 0 Å². The normalized spacial score (nSPS) is 15.2. The molecule has 2 aromatic rings. The highest BCUT2D eigenvalue weighted by Crippen LogP contribution is 2.23. The zero-order chi connectivity index (χ0) is 20.9. The fourth-order valence-electron chi connectivity index (χ4n) is 3.50. The lowest BCUT2D eigenvalue weighted by Gasteiger charge is -2.26. The number of nitrogens with one attached hydrogen (secondary N) is 1. The van der Waals surface area contributed by atoms with E-state index in [1.54, 1.807) is 31.2 Å². The summed E-state index contributed by atoms with van der Waals surface area (Å²) in [5.41, 5.74) is 2.12. The molecule has 1 fully saturated rings. The zero-order valence-electron chi connectivity index (χ0n) is 16.7. The van der Waals surface area contributed by atoms with Crippen molar-refractivity contribution in [1.29, 1.82) is 0 Å². The van der Waals surface area contributed by atoms with Crippen LogP contribution >= 0.6 is 0 Å². The molecule has 29 heavy (non-hydrogen) atoms. The van der Waals surface area contributed by atoms with Gasteiger partial charge in [0.15, 0.2) is 0 Å². The maximum atomic E-state index is 12.9. The molecule has 0 bridgehead atoms. The number of rotatable bonds is 7. The topological polar surface area (TPSA) is 66.5 Å². The molecule has 1 aliphatic rings. The molecule has 0 spiro atoms. The summed E-state index contributed by atoms with van der Waals surface area (Å²) in [5.74, 6) is -0.547. The third-order valence-electron chi connectivity index (χ3n) is 5.25. The number of aryl methyl sites for hydroxylation is 2. The van der Waals surface area contributed by atoms with Gasteiger partial charge in [0.05, 0.1) is 4.90 Å². The van der Waals surface area contributed by atoms with E-state index in [-0.39, 0.29) is 16.6 Å². The Labute approximate surface area is 172 Å². The first-order valence-electron chi connectivity index (χ1n) is 10.0. The molecule has 2 aromatic carbocycles. The smallest absolute Gasteiger partial charge is 0.251 e. The van der Waals surface area contributed by atoms with Crippen LogP contribution in [0.1, 0.15) is 47.2 Å². The summed E-state index contributed by atoms with van der Waals surface area (Å²) in [5, 5.41) is 2.86. The number of hydrogen-bond donors (Lipinski definition) is 1. The molecule has 1 aliphatic heterocycles. The fraction of sp³-hybridized carbons (Fsp3) is 0.409. The predicted molar refractivity (Wildman–Crippen MR) is 111 cm³/mol. The summed E-state index contributed by atoms with van der Waals surface area (Å²) >= 11 is 0. The number of sulfonamides is 1. The third kappa shape index (κ3) is 5.42. The standard InChI is InChI=1S/C22H27FN2O3S/c1-17-7-12-20(29(27,28)25-14-3-2-4-15-25)16-21(17)22(26)24-13-5-6-18-8-10-19(23)11-9-18/h7-12,16H,2-6,13-15H2,1H3,(H,24,26). The van der Waals surface area contributed by atoms with Gasteiger partial charge in [-0.15, -0.1) is 0 Å². The van der Waals surface area contributed by atoms with E-state index in [9.17, 15) is 17.6 Å². The van der Waals surface area contributed by atoms with Crippen LogP contribution in [0, 0.1) is 12.7 Å². The molecule has 0 radical (unpaired) electrons. The molecule has 1 N–H and O–H groups in total. The van der Waals surface area contributed by atoms with E-state index in [2.05, 4.69) is 5.32 Å². The van der Waals surface area contributed by atoms with E-state index in [4.69, 9.17) is 0 Å². The Hall–Kier alpha value is -2.25. The molecule has 0 unspecified atom stereocenters. The van der Waals surface area contributed by atoms with Crippen molar-refractivity contribution in [2.24, 2.45) is 0 Å². The molecule has 0 atom stereocenters. The zero-order valence-corrected chi connectivity index (χ0v) is 17.5. The SMILES string of the molecule is Cc1ccc(S(=O)(=O)N2CCCCC2)cc1C(=O)NCCCc1ccc(F)cc1. The lowest BCUT2D eigenvalue weighted by molar-refractivity contribution is 0.0952. The van der Waals surface area contributed by atoms with Gasteiger partial charge >= 0.3 is 0 Å². The van der Waals surface area contributed by atoms with Gasteiger partial charge in [0.1, 0.15) is 5.82 Å². The largest absolute Gasteiger partial charge is 0.352 e. The Bertz CT molecular complexity index is 953. The molecule has 1 saturated heterocycles. The van der Waals surface area contributed by atoms with Crippen LogP contribution in [-0.2, 0) is 16.4 Å². The highest BCUT2D eigenvalue weighted by molar-refractivity contribution is 7.89. The second-order valence-corrected chi connectivity index (χ2v) is 9.37. The molecule has 3 rings (SSSR count). The minimum atomic E-state index is -3.58. The monoisotopic (exact) mass is 418 g/mol. The number of hydrogen-bond acceptors (Lipinski definition) is 3. The first-order valence-corrected chi connectivity index (χ1v) is 11.5. The van der Waals surface area contributed by atoms with Gasteiger partial charge in [0.2, 0.25) is 10.0 Å². The number of halogens is 1. The molecule has 0 saturated carbocycles. The van der Waals surface area contributed by atoms with Crippen molar-refractivity contribution >= 4 is 15.9 Å². The van der Waals surface area contributed by atoms with Gasteiger partial charge in [-0.25, -0.2) is 12.8 Å². The summed E-state index contributed by atoms with van der Waals surface area (Å²) in [6.45, 7) is 3.31. The fourth-order valence-corrected chi connectivity index (χ4v) is 5.05. The van der Waals surface area contributed by atoms with Gasteiger partial charge < -0.3 is 5.32 Å². The van der Waals surface area contributed by atoms with Crippen LogP contribution in [0.4, 0.5) is 4.39 Å². The Morgan fingerprint density at radius 2 is 1.76 bits per heavy atom. The van der Waals surface area contributed by atoms with Crippen LogP contribution in [0.15, 0.2) is 47.4 Å². The second-order valence-electron chi connectivity index (χ2n) is 7.43. The second kappa shape index (κ2) is 9.50. The van der Waals surface area contributed by atoms with Crippen LogP contribution in [-0.4, -0.2) is 38.3 Å². The molecule has 1 heterocycles. The van der Waals surface area contributed by atoms with Crippen LogP contribution in [0.2, 0.25) is 0 Å². The van der Waals surface area contributed by atoms with Crippen molar-refractivity contribution in [2.75, 3.05) is 19.6 Å². The maximum absolute atomic E-state index is 12.9. The Morgan fingerprint density at radius 3 is 2.45 bits per heavy atom. The lowest BCUT2D eigenvalue weighted by Crippen LogP contribution is -2.35. The van der Waals surface area contributed by atoms with Gasteiger partial charge in [-0.2, -0.15) is 4.31 Å². The van der Waals surface area contributed by atoms with Crippen molar-refractivity contribution in [2.45, 2.75) is 43.9 Å². The average Bonchev–Trinajstić information content (AvgIpc) is 2.73. The first kappa shape index (κ1) is 21.5. The molecule has 7 heteroatoms. The minimum absolute atomic E-state index is 0.168. The summed E-state index contributed by atoms with van der Waals surface area (Å²) in [4.78, 5) is 12.8. The first-order chi connectivity index (χ1) is 13.9. The molecular weight excluding hydrogens is 391 g/mol. The van der Waals surface area contributed by atoms with Crippen LogP contribution in [0.3, 0.4) is 0 Å². The predicted octanol–water partition coefficient (Wildman–Crippen LogP) is 3.67. The summed E-state index contributed by atoms with van der Waals surface area (Å²) < 4.78 is 40.2. The Kier molecular flexibility index (Phi) is 7.03. The number of piperidine rings is 1. The van der Waals surface area contributed by atoms with E-state index in [0.717, 1.165) is 36.8 Å². The van der Waals surface area contributed by atoms with E-state index in [1.165, 1.54) is 22.5 Å². The van der Waals surface area contributed by atoms with Crippen molar-refractivity contribution in [3.63, 3.8) is 0 Å². The maximum Gasteiger partial charge on any atom is 0.251 e. The molecular formula is C22H27FN2O3S. The van der Waals surface area contributed by atoms with Gasteiger partial charge in [-0.1, -0.05) is 24.6 Å². The summed E-state index contributed by atoms with van der Waals surface area (Å²) in [6, 6.07) is 11.0. The average molecular weight is 419 g/mol. The molecule has 5 nitrogen and oxygen atoms in total. The van der Waals surface area contributed by atoms with E-state index < -0.39 is 10.0 Å². The number of carbonyl (C=O) groups excluding carboxylic acids is 1. The van der Waals surface area contributed by atoms with Crippen LogP contribution in [0.25, 0.3) is 0 Å². The quantitative estimate of drug-likeness (QED) is 0.698. The Morgan fingerprint density at radius 1 is 1.07 bits per heavy atom. The summed E-state index contributed by atoms with van der Waals surface area (Å²) in [7, 11) is -3.58. The number of nitrogens with zero attached hydrogens (tertiary/aromatic N) is 1. The molecule has 0 aliphatic carbocycles. The molecule has 0 aromatic heterocycles. The van der Waals surface area contributed by atoms with Gasteiger partial charge in [-0.05, 0) is 68.0 Å². The van der Waals surface area contributed by atoms with Gasteiger partial charge in [0, 0.05) is 25.2 Å². The van der Waals surface area contributed by atoms with E-state index in [0.29, 0.717) is 31.6 Å². The number of amides is 1. The van der Waals surface area contributed by atoms with E-state index in [1.807, 2.05) is 0 Å². The number of benzene rings is 2. The Balaban J connectivity index is 1.62. The van der Waals surface area contributed by atoms with Crippen molar-refractivity contribution in [3.05, 3.63) is 65.0 Å². The van der Waals surface area contributed by atoms with Gasteiger partial charge in [0.25, 0.3) is 5.91 Å². The lowest BCUT2D eigenvalue weighted by atomic mass is 10.1. The van der Waals surface area contributed by atoms with Crippen molar-refractivity contribution < 1.29 is 17.6 Å².